The SMILES string of the molecule is CN(C)C(=O)c1ccc(CN=C(NCCc2ccco2)NC2CCc3ccccc3C2)cc1. The molecule has 6 heteroatoms. The largest absolute Gasteiger partial charge is 0.469 e. The summed E-state index contributed by atoms with van der Waals surface area (Å²) in [6, 6.07) is 20.6. The predicted molar refractivity (Wildman–Crippen MR) is 131 cm³/mol. The average Bonchev–Trinajstić information content (AvgIpc) is 3.36. The van der Waals surface area contributed by atoms with Crippen LogP contribution in [0.2, 0.25) is 0 Å². The van der Waals surface area contributed by atoms with Crippen molar-refractivity contribution in [2.45, 2.75) is 38.3 Å². The van der Waals surface area contributed by atoms with Gasteiger partial charge in [-0.1, -0.05) is 36.4 Å². The number of carbonyl (C=O) groups excluding carboxylic acids is 1. The fraction of sp³-hybridized carbons (Fsp3) is 0.333. The number of fused-ring (bicyclic) bond motifs is 1. The molecule has 1 unspecified atom stereocenters. The smallest absolute Gasteiger partial charge is 0.253 e. The maximum atomic E-state index is 12.1. The molecule has 1 atom stereocenters. The average molecular weight is 445 g/mol. The Morgan fingerprint density at radius 1 is 1.06 bits per heavy atom. The van der Waals surface area contributed by atoms with Crippen LogP contribution in [0.4, 0.5) is 0 Å². The second-order valence-electron chi connectivity index (χ2n) is 8.67. The van der Waals surface area contributed by atoms with Gasteiger partial charge in [-0.2, -0.15) is 0 Å². The topological polar surface area (TPSA) is 69.9 Å². The molecule has 0 aliphatic heterocycles. The van der Waals surface area contributed by atoms with Crippen molar-refractivity contribution in [3.63, 3.8) is 0 Å². The van der Waals surface area contributed by atoms with Gasteiger partial charge in [-0.05, 0) is 60.2 Å². The summed E-state index contributed by atoms with van der Waals surface area (Å²) in [6.07, 6.45) is 5.65. The van der Waals surface area contributed by atoms with Crippen LogP contribution in [0.3, 0.4) is 0 Å². The molecule has 0 radical (unpaired) electrons. The summed E-state index contributed by atoms with van der Waals surface area (Å²) >= 11 is 0. The summed E-state index contributed by atoms with van der Waals surface area (Å²) in [5, 5.41) is 7.10. The van der Waals surface area contributed by atoms with Crippen molar-refractivity contribution in [2.75, 3.05) is 20.6 Å². The Kier molecular flexibility index (Phi) is 7.45. The van der Waals surface area contributed by atoms with Gasteiger partial charge in [-0.3, -0.25) is 4.79 Å². The van der Waals surface area contributed by atoms with Gasteiger partial charge in [0.05, 0.1) is 12.8 Å². The van der Waals surface area contributed by atoms with Gasteiger partial charge in [0, 0.05) is 38.7 Å². The number of aliphatic imine (C=N–C) groups is 1. The Morgan fingerprint density at radius 2 is 1.85 bits per heavy atom. The minimum Gasteiger partial charge on any atom is -0.469 e. The van der Waals surface area contributed by atoms with E-state index in [2.05, 4.69) is 34.9 Å². The molecule has 0 bridgehead atoms. The number of amides is 1. The molecule has 1 heterocycles. The number of nitrogens with zero attached hydrogens (tertiary/aromatic N) is 2. The van der Waals surface area contributed by atoms with Gasteiger partial charge in [0.15, 0.2) is 5.96 Å². The standard InChI is InChI=1S/C27H32N4O2/c1-31(2)26(32)22-11-9-20(10-12-22)19-29-27(28-16-15-25-8-5-17-33-25)30-24-14-13-21-6-3-4-7-23(21)18-24/h3-12,17,24H,13-16,18-19H2,1-2H3,(H2,28,29,30). The maximum absolute atomic E-state index is 12.1. The van der Waals surface area contributed by atoms with Crippen LogP contribution >= 0.6 is 0 Å². The highest BCUT2D eigenvalue weighted by Crippen LogP contribution is 2.21. The van der Waals surface area contributed by atoms with Gasteiger partial charge in [-0.15, -0.1) is 0 Å². The van der Waals surface area contributed by atoms with E-state index < -0.39 is 0 Å². The molecule has 6 nitrogen and oxygen atoms in total. The summed E-state index contributed by atoms with van der Waals surface area (Å²) in [6.45, 7) is 1.27. The predicted octanol–water partition coefficient (Wildman–Crippen LogP) is 3.82. The zero-order valence-electron chi connectivity index (χ0n) is 19.4. The number of rotatable bonds is 7. The molecule has 33 heavy (non-hydrogen) atoms. The molecule has 2 N–H and O–H groups in total. The van der Waals surface area contributed by atoms with Crippen molar-refractivity contribution in [1.82, 2.24) is 15.5 Å². The third-order valence-corrected chi connectivity index (χ3v) is 5.96. The zero-order valence-corrected chi connectivity index (χ0v) is 19.4. The van der Waals surface area contributed by atoms with Crippen LogP contribution < -0.4 is 10.6 Å². The van der Waals surface area contributed by atoms with E-state index in [1.807, 2.05) is 36.4 Å². The molecule has 1 aliphatic carbocycles. The van der Waals surface area contributed by atoms with Gasteiger partial charge in [0.2, 0.25) is 0 Å². The van der Waals surface area contributed by atoms with E-state index in [0.29, 0.717) is 18.2 Å². The fourth-order valence-corrected chi connectivity index (χ4v) is 4.11. The lowest BCUT2D eigenvalue weighted by molar-refractivity contribution is 0.0827. The monoisotopic (exact) mass is 444 g/mol. The molecule has 1 aliphatic rings. The molecule has 0 saturated heterocycles. The van der Waals surface area contributed by atoms with Gasteiger partial charge >= 0.3 is 0 Å². The Balaban J connectivity index is 1.41. The number of hydrogen-bond acceptors (Lipinski definition) is 3. The number of carbonyl (C=O) groups is 1. The van der Waals surface area contributed by atoms with Crippen LogP contribution in [0.15, 0.2) is 76.3 Å². The molecule has 172 valence electrons. The molecular formula is C27H32N4O2. The molecule has 0 spiro atoms. The lowest BCUT2D eigenvalue weighted by Crippen LogP contribution is -2.46. The minimum atomic E-state index is 0.00424. The van der Waals surface area contributed by atoms with E-state index in [-0.39, 0.29) is 5.91 Å². The van der Waals surface area contributed by atoms with Crippen molar-refractivity contribution < 1.29 is 9.21 Å². The Morgan fingerprint density at radius 3 is 2.58 bits per heavy atom. The Labute approximate surface area is 195 Å². The van der Waals surface area contributed by atoms with Gasteiger partial charge in [-0.25, -0.2) is 4.99 Å². The number of furan rings is 1. The van der Waals surface area contributed by atoms with Crippen LogP contribution in [0.25, 0.3) is 0 Å². The highest BCUT2D eigenvalue weighted by molar-refractivity contribution is 5.93. The summed E-state index contributed by atoms with van der Waals surface area (Å²) in [5.74, 6) is 1.76. The first-order valence-corrected chi connectivity index (χ1v) is 11.5. The zero-order chi connectivity index (χ0) is 23.0. The molecule has 4 rings (SSSR count). The van der Waals surface area contributed by atoms with Crippen LogP contribution in [0.1, 0.15) is 39.2 Å². The first kappa shape index (κ1) is 22.6. The van der Waals surface area contributed by atoms with Crippen LogP contribution in [-0.4, -0.2) is 43.4 Å². The second-order valence-corrected chi connectivity index (χ2v) is 8.67. The van der Waals surface area contributed by atoms with Crippen molar-refractivity contribution in [3.8, 4) is 0 Å². The Hall–Kier alpha value is -3.54. The van der Waals surface area contributed by atoms with E-state index in [9.17, 15) is 4.79 Å². The van der Waals surface area contributed by atoms with Gasteiger partial charge < -0.3 is 20.0 Å². The van der Waals surface area contributed by atoms with Crippen molar-refractivity contribution in [3.05, 3.63) is 94.9 Å². The third kappa shape index (κ3) is 6.25. The molecular weight excluding hydrogens is 412 g/mol. The summed E-state index contributed by atoms with van der Waals surface area (Å²) < 4.78 is 5.45. The van der Waals surface area contributed by atoms with Crippen LogP contribution in [0.5, 0.6) is 0 Å². The highest BCUT2D eigenvalue weighted by Gasteiger charge is 2.19. The number of nitrogens with one attached hydrogen (secondary N) is 2. The summed E-state index contributed by atoms with van der Waals surface area (Å²) in [4.78, 5) is 18.5. The van der Waals surface area contributed by atoms with E-state index >= 15 is 0 Å². The molecule has 0 fully saturated rings. The minimum absolute atomic E-state index is 0.00424. The lowest BCUT2D eigenvalue weighted by atomic mass is 9.88. The highest BCUT2D eigenvalue weighted by atomic mass is 16.3. The van der Waals surface area contributed by atoms with E-state index in [1.54, 1.807) is 25.3 Å². The normalized spacial score (nSPS) is 15.6. The second kappa shape index (κ2) is 10.9. The van der Waals surface area contributed by atoms with E-state index in [0.717, 1.165) is 49.5 Å². The number of hydrogen-bond donors (Lipinski definition) is 2. The Bertz CT molecular complexity index is 1070. The van der Waals surface area contributed by atoms with E-state index in [1.165, 1.54) is 11.1 Å². The first-order valence-electron chi connectivity index (χ1n) is 11.5. The quantitative estimate of drug-likeness (QED) is 0.429. The molecule has 2 aromatic carbocycles. The lowest BCUT2D eigenvalue weighted by Gasteiger charge is -2.27. The van der Waals surface area contributed by atoms with Gasteiger partial charge in [0.25, 0.3) is 5.91 Å². The van der Waals surface area contributed by atoms with Crippen molar-refractivity contribution in [2.24, 2.45) is 4.99 Å². The number of benzene rings is 2. The van der Waals surface area contributed by atoms with Crippen LogP contribution in [-0.2, 0) is 25.8 Å². The molecule has 0 saturated carbocycles. The number of aryl methyl sites for hydroxylation is 1. The van der Waals surface area contributed by atoms with Crippen LogP contribution in [0, 0.1) is 0 Å². The maximum Gasteiger partial charge on any atom is 0.253 e. The van der Waals surface area contributed by atoms with E-state index in [4.69, 9.17) is 9.41 Å². The summed E-state index contributed by atoms with van der Waals surface area (Å²) in [5.41, 5.74) is 4.61. The van der Waals surface area contributed by atoms with Gasteiger partial charge in [0.1, 0.15) is 5.76 Å². The number of guanidine groups is 1. The van der Waals surface area contributed by atoms with Crippen molar-refractivity contribution in [1.29, 1.82) is 0 Å². The molecule has 1 amide bonds. The fourth-order valence-electron chi connectivity index (χ4n) is 4.11. The molecule has 1 aromatic heterocycles. The third-order valence-electron chi connectivity index (χ3n) is 5.96. The molecule has 3 aromatic rings. The van der Waals surface area contributed by atoms with Crippen molar-refractivity contribution >= 4 is 11.9 Å². The summed E-state index contributed by atoms with van der Waals surface area (Å²) in [7, 11) is 3.52. The first-order chi connectivity index (χ1) is 16.1.